The molecule has 1 aliphatic heterocycles. The largest absolute Gasteiger partial charge is 0.485 e. The molecule has 0 aliphatic carbocycles. The molecule has 0 saturated heterocycles. The van der Waals surface area contributed by atoms with Crippen LogP contribution in [0.15, 0.2) is 59.8 Å². The molecular formula is C18H15N3O3. The molecule has 1 atom stereocenters. The molecule has 0 spiro atoms. The first-order valence-electron chi connectivity index (χ1n) is 7.58. The molecule has 2 N–H and O–H groups in total. The van der Waals surface area contributed by atoms with E-state index in [2.05, 4.69) is 15.5 Å². The number of carbonyl (C=O) groups is 1. The molecule has 6 nitrogen and oxygen atoms in total. The number of H-pyrrole nitrogens is 1. The third kappa shape index (κ3) is 2.81. The van der Waals surface area contributed by atoms with Crippen molar-refractivity contribution >= 4 is 22.9 Å². The number of ether oxygens (including phenoxy) is 2. The van der Waals surface area contributed by atoms with Crippen molar-refractivity contribution in [2.24, 2.45) is 5.10 Å². The minimum atomic E-state index is -0.737. The summed E-state index contributed by atoms with van der Waals surface area (Å²) in [6.07, 6.45) is 2.57. The topological polar surface area (TPSA) is 75.7 Å². The van der Waals surface area contributed by atoms with Crippen molar-refractivity contribution in [2.45, 2.75) is 6.10 Å². The van der Waals surface area contributed by atoms with Gasteiger partial charge in [-0.15, -0.1) is 0 Å². The Morgan fingerprint density at radius 2 is 1.96 bits per heavy atom. The number of hydrazone groups is 1. The van der Waals surface area contributed by atoms with Crippen LogP contribution in [0.1, 0.15) is 5.69 Å². The second-order valence-electron chi connectivity index (χ2n) is 5.42. The van der Waals surface area contributed by atoms with Crippen molar-refractivity contribution in [2.75, 3.05) is 6.61 Å². The lowest BCUT2D eigenvalue weighted by Crippen LogP contribution is -2.42. The quantitative estimate of drug-likeness (QED) is 0.575. The predicted molar refractivity (Wildman–Crippen MR) is 90.4 cm³/mol. The van der Waals surface area contributed by atoms with Gasteiger partial charge in [0.15, 0.2) is 11.5 Å². The molecule has 2 heterocycles. The first-order chi connectivity index (χ1) is 11.8. The standard InChI is InChI=1S/C18H15N3O3/c22-18(21-20-10-14-6-3-7-19-14)17-11-23-15-8-12-4-1-2-5-13(12)9-16(15)24-17/h1-10,17,19H,11H2,(H,21,22)/b20-10+/t17-/m1/s1. The Labute approximate surface area is 138 Å². The molecule has 0 unspecified atom stereocenters. The van der Waals surface area contributed by atoms with Crippen LogP contribution < -0.4 is 14.9 Å². The van der Waals surface area contributed by atoms with Gasteiger partial charge in [0.1, 0.15) is 6.61 Å². The van der Waals surface area contributed by atoms with Crippen molar-refractivity contribution in [3.63, 3.8) is 0 Å². The SMILES string of the molecule is O=C(N/N=C/c1ccc[nH]1)[C@H]1COc2cc3ccccc3cc2O1. The molecule has 3 aromatic rings. The van der Waals surface area contributed by atoms with Crippen LogP contribution in [-0.4, -0.2) is 29.8 Å². The molecule has 0 radical (unpaired) electrons. The molecule has 1 amide bonds. The second kappa shape index (κ2) is 6.08. The highest BCUT2D eigenvalue weighted by atomic mass is 16.6. The fourth-order valence-corrected chi connectivity index (χ4v) is 2.55. The first-order valence-corrected chi connectivity index (χ1v) is 7.58. The van der Waals surface area contributed by atoms with Crippen molar-refractivity contribution in [3.8, 4) is 11.5 Å². The number of benzene rings is 2. The minimum Gasteiger partial charge on any atom is -0.485 e. The van der Waals surface area contributed by atoms with Gasteiger partial charge in [-0.05, 0) is 35.0 Å². The summed E-state index contributed by atoms with van der Waals surface area (Å²) in [5.74, 6) is 0.859. The summed E-state index contributed by atoms with van der Waals surface area (Å²) in [7, 11) is 0. The number of amides is 1. The Kier molecular flexibility index (Phi) is 3.63. The van der Waals surface area contributed by atoms with E-state index in [1.165, 1.54) is 6.21 Å². The molecule has 2 aromatic carbocycles. The fourth-order valence-electron chi connectivity index (χ4n) is 2.55. The van der Waals surface area contributed by atoms with E-state index >= 15 is 0 Å². The summed E-state index contributed by atoms with van der Waals surface area (Å²) in [4.78, 5) is 15.1. The number of nitrogens with zero attached hydrogens (tertiary/aromatic N) is 1. The van der Waals surface area contributed by atoms with Crippen LogP contribution in [-0.2, 0) is 4.79 Å². The minimum absolute atomic E-state index is 0.148. The number of aromatic amines is 1. The van der Waals surface area contributed by atoms with Crippen LogP contribution in [0.3, 0.4) is 0 Å². The number of rotatable bonds is 3. The monoisotopic (exact) mass is 321 g/mol. The van der Waals surface area contributed by atoms with Gasteiger partial charge in [0.25, 0.3) is 5.91 Å². The third-order valence-corrected chi connectivity index (χ3v) is 3.76. The molecular weight excluding hydrogens is 306 g/mol. The molecule has 1 aliphatic rings. The fraction of sp³-hybridized carbons (Fsp3) is 0.111. The van der Waals surface area contributed by atoms with Crippen molar-refractivity contribution in [1.82, 2.24) is 10.4 Å². The molecule has 0 fully saturated rings. The van der Waals surface area contributed by atoms with Crippen LogP contribution in [0.5, 0.6) is 11.5 Å². The third-order valence-electron chi connectivity index (χ3n) is 3.76. The highest BCUT2D eigenvalue weighted by Crippen LogP contribution is 2.35. The second-order valence-corrected chi connectivity index (χ2v) is 5.42. The van der Waals surface area contributed by atoms with Crippen molar-refractivity contribution in [3.05, 3.63) is 60.4 Å². The van der Waals surface area contributed by atoms with Gasteiger partial charge in [-0.3, -0.25) is 4.79 Å². The van der Waals surface area contributed by atoms with Gasteiger partial charge in [0.05, 0.1) is 11.9 Å². The summed E-state index contributed by atoms with van der Waals surface area (Å²) >= 11 is 0. The van der Waals surface area contributed by atoms with Gasteiger partial charge in [0.2, 0.25) is 6.10 Å². The zero-order chi connectivity index (χ0) is 16.4. The number of hydrogen-bond acceptors (Lipinski definition) is 4. The number of carbonyl (C=O) groups excluding carboxylic acids is 1. The molecule has 0 bridgehead atoms. The highest BCUT2D eigenvalue weighted by molar-refractivity contribution is 5.87. The lowest BCUT2D eigenvalue weighted by molar-refractivity contribution is -0.130. The van der Waals surface area contributed by atoms with E-state index in [1.807, 2.05) is 48.5 Å². The highest BCUT2D eigenvalue weighted by Gasteiger charge is 2.27. The van der Waals surface area contributed by atoms with E-state index in [-0.39, 0.29) is 12.5 Å². The summed E-state index contributed by atoms with van der Waals surface area (Å²) in [6.45, 7) is 0.148. The lowest BCUT2D eigenvalue weighted by Gasteiger charge is -2.25. The maximum absolute atomic E-state index is 12.2. The summed E-state index contributed by atoms with van der Waals surface area (Å²) in [6, 6.07) is 15.4. The zero-order valence-electron chi connectivity index (χ0n) is 12.7. The Morgan fingerprint density at radius 1 is 1.17 bits per heavy atom. The first kappa shape index (κ1) is 14.3. The van der Waals surface area contributed by atoms with Crippen LogP contribution in [0, 0.1) is 0 Å². The molecule has 0 saturated carbocycles. The zero-order valence-corrected chi connectivity index (χ0v) is 12.7. The number of nitrogens with one attached hydrogen (secondary N) is 2. The predicted octanol–water partition coefficient (Wildman–Crippen LogP) is 2.46. The number of aromatic nitrogens is 1. The Morgan fingerprint density at radius 3 is 2.71 bits per heavy atom. The average Bonchev–Trinajstić information content (AvgIpc) is 3.12. The molecule has 24 heavy (non-hydrogen) atoms. The number of hydrogen-bond donors (Lipinski definition) is 2. The van der Waals surface area contributed by atoms with Gasteiger partial charge in [-0.2, -0.15) is 5.10 Å². The van der Waals surface area contributed by atoms with E-state index in [4.69, 9.17) is 9.47 Å². The molecule has 1 aromatic heterocycles. The normalized spacial score (nSPS) is 16.4. The van der Waals surface area contributed by atoms with Crippen LogP contribution in [0.25, 0.3) is 10.8 Å². The Balaban J connectivity index is 1.47. The Bertz CT molecular complexity index is 903. The maximum Gasteiger partial charge on any atom is 0.284 e. The van der Waals surface area contributed by atoms with Crippen LogP contribution >= 0.6 is 0 Å². The van der Waals surface area contributed by atoms with Crippen LogP contribution in [0.4, 0.5) is 0 Å². The van der Waals surface area contributed by atoms with E-state index in [9.17, 15) is 4.79 Å². The smallest absolute Gasteiger partial charge is 0.284 e. The lowest BCUT2D eigenvalue weighted by atomic mass is 10.1. The number of fused-ring (bicyclic) bond motifs is 2. The van der Waals surface area contributed by atoms with E-state index in [1.54, 1.807) is 6.20 Å². The van der Waals surface area contributed by atoms with Gasteiger partial charge < -0.3 is 14.5 Å². The van der Waals surface area contributed by atoms with Gasteiger partial charge in [-0.25, -0.2) is 5.43 Å². The van der Waals surface area contributed by atoms with Crippen LogP contribution in [0.2, 0.25) is 0 Å². The van der Waals surface area contributed by atoms with Gasteiger partial charge >= 0.3 is 0 Å². The van der Waals surface area contributed by atoms with E-state index < -0.39 is 6.10 Å². The summed E-state index contributed by atoms with van der Waals surface area (Å²) < 4.78 is 11.4. The van der Waals surface area contributed by atoms with Gasteiger partial charge in [-0.1, -0.05) is 24.3 Å². The van der Waals surface area contributed by atoms with Crippen molar-refractivity contribution in [1.29, 1.82) is 0 Å². The van der Waals surface area contributed by atoms with Crippen molar-refractivity contribution < 1.29 is 14.3 Å². The average molecular weight is 321 g/mol. The molecule has 120 valence electrons. The maximum atomic E-state index is 12.2. The summed E-state index contributed by atoms with van der Waals surface area (Å²) in [5.41, 5.74) is 3.26. The van der Waals surface area contributed by atoms with E-state index in [0.717, 1.165) is 16.5 Å². The molecule has 6 heteroatoms. The Hall–Kier alpha value is -3.28. The van der Waals surface area contributed by atoms with Gasteiger partial charge in [0, 0.05) is 6.20 Å². The molecule has 4 rings (SSSR count). The van der Waals surface area contributed by atoms with E-state index in [0.29, 0.717) is 11.5 Å². The summed E-state index contributed by atoms with van der Waals surface area (Å²) in [5, 5.41) is 6.00.